The maximum Gasteiger partial charge on any atom is 0.222 e. The van der Waals surface area contributed by atoms with E-state index in [2.05, 4.69) is 72.1 Å². The number of hydrogen-bond donors (Lipinski definition) is 2. The molecule has 39 heavy (non-hydrogen) atoms. The van der Waals surface area contributed by atoms with Gasteiger partial charge in [-0.25, -0.2) is 0 Å². The summed E-state index contributed by atoms with van der Waals surface area (Å²) in [6.07, 6.45) is 6.53. The number of likely N-dealkylation sites (N-methyl/N-ethyl adjacent to an activating group) is 1. The molecule has 2 aromatic rings. The molecule has 7 heteroatoms. The van der Waals surface area contributed by atoms with E-state index in [1.807, 2.05) is 13.1 Å². The third-order valence-corrected chi connectivity index (χ3v) is 6.86. The fraction of sp³-hybridized carbons (Fsp3) is 0.500. The van der Waals surface area contributed by atoms with Crippen molar-refractivity contribution in [1.82, 2.24) is 15.5 Å². The topological polar surface area (TPSA) is 79.9 Å². The number of ketones is 1. The van der Waals surface area contributed by atoms with E-state index >= 15 is 0 Å². The van der Waals surface area contributed by atoms with Crippen molar-refractivity contribution in [2.75, 3.05) is 67.2 Å². The third kappa shape index (κ3) is 10.3. The molecular weight excluding hydrogens is 490 g/mol. The Hall–Kier alpha value is -2.84. The number of nitrogens with one attached hydrogen (secondary N) is 2. The predicted molar refractivity (Wildman–Crippen MR) is 157 cm³/mol. The molecule has 0 fully saturated rings. The lowest BCUT2D eigenvalue weighted by Crippen LogP contribution is -2.26. The van der Waals surface area contributed by atoms with Crippen molar-refractivity contribution in [3.8, 4) is 0 Å². The van der Waals surface area contributed by atoms with Crippen LogP contribution >= 0.6 is 0 Å². The monoisotopic (exact) mass is 535 g/mol. The molecule has 0 unspecified atom stereocenters. The van der Waals surface area contributed by atoms with Crippen LogP contribution in [0.4, 0.5) is 0 Å². The van der Waals surface area contributed by atoms with Crippen LogP contribution in [0.25, 0.3) is 5.57 Å². The number of nitrogens with zero attached hydrogens (tertiary/aromatic N) is 1. The minimum absolute atomic E-state index is 0.0586. The van der Waals surface area contributed by atoms with Gasteiger partial charge >= 0.3 is 0 Å². The van der Waals surface area contributed by atoms with Gasteiger partial charge in [-0.2, -0.15) is 0 Å². The molecule has 0 saturated heterocycles. The maximum absolute atomic E-state index is 13.0. The fourth-order valence-electron chi connectivity index (χ4n) is 4.71. The Bertz CT molecular complexity index is 1100. The Morgan fingerprint density at radius 3 is 2.44 bits per heavy atom. The van der Waals surface area contributed by atoms with Crippen LogP contribution in [0.2, 0.25) is 0 Å². The van der Waals surface area contributed by atoms with Gasteiger partial charge in [0.1, 0.15) is 0 Å². The van der Waals surface area contributed by atoms with Gasteiger partial charge in [0, 0.05) is 38.0 Å². The fourth-order valence-corrected chi connectivity index (χ4v) is 4.71. The first-order valence-electron chi connectivity index (χ1n) is 14.2. The van der Waals surface area contributed by atoms with Gasteiger partial charge in [-0.1, -0.05) is 42.5 Å². The van der Waals surface area contributed by atoms with Crippen molar-refractivity contribution in [2.24, 2.45) is 0 Å². The molecule has 2 aromatic carbocycles. The van der Waals surface area contributed by atoms with Crippen molar-refractivity contribution < 1.29 is 19.1 Å². The normalized spacial score (nSPS) is 13.7. The number of ether oxygens (including phenoxy) is 2. The first kappa shape index (κ1) is 30.7. The highest BCUT2D eigenvalue weighted by molar-refractivity contribution is 5.97. The number of hydrogen-bond acceptors (Lipinski definition) is 6. The van der Waals surface area contributed by atoms with Crippen LogP contribution in [-0.2, 0) is 27.1 Å². The SMILES string of the molecule is CNCCOCCOCCC(=O)NCCCC(=O)c1ccc2c(c1)CCc1ccccc1/C2=C/CCN(C)C. The quantitative estimate of drug-likeness (QED) is 0.236. The summed E-state index contributed by atoms with van der Waals surface area (Å²) in [5.74, 6) is 0.0604. The maximum atomic E-state index is 13.0. The molecule has 0 saturated carbocycles. The van der Waals surface area contributed by atoms with Crippen molar-refractivity contribution >= 4 is 17.3 Å². The standard InChI is InChI=1S/C32H45N3O4/c1-33-18-21-39-23-22-38-20-16-32(37)34-17-6-11-31(36)27-14-15-29-26(24-27)13-12-25-8-4-5-9-28(25)30(29)10-7-19-35(2)3/h4-5,8-10,14-15,24,33H,6-7,11-13,16-23H2,1-3H3,(H,34,37)/b30-10-. The Morgan fingerprint density at radius 1 is 0.897 bits per heavy atom. The first-order chi connectivity index (χ1) is 19.0. The lowest BCUT2D eigenvalue weighted by atomic mass is 9.91. The molecule has 0 aliphatic heterocycles. The van der Waals surface area contributed by atoms with Crippen molar-refractivity contribution in [1.29, 1.82) is 0 Å². The minimum Gasteiger partial charge on any atom is -0.379 e. The number of amides is 1. The van der Waals surface area contributed by atoms with E-state index in [1.54, 1.807) is 0 Å². The number of Topliss-reactive ketones (excluding diaryl/α,β-unsaturated/α-hetero) is 1. The molecule has 0 heterocycles. The second kappa shape index (κ2) is 17.0. The number of carbonyl (C=O) groups is 2. The van der Waals surface area contributed by atoms with E-state index in [4.69, 9.17) is 9.47 Å². The zero-order valence-electron chi connectivity index (χ0n) is 23.9. The van der Waals surface area contributed by atoms with E-state index in [1.165, 1.54) is 27.8 Å². The zero-order chi connectivity index (χ0) is 27.9. The average molecular weight is 536 g/mol. The van der Waals surface area contributed by atoms with E-state index in [0.29, 0.717) is 52.2 Å². The molecule has 2 N–H and O–H groups in total. The summed E-state index contributed by atoms with van der Waals surface area (Å²) < 4.78 is 10.8. The third-order valence-electron chi connectivity index (χ3n) is 6.86. The van der Waals surface area contributed by atoms with Gasteiger partial charge in [-0.05, 0) is 80.7 Å². The predicted octanol–water partition coefficient (Wildman–Crippen LogP) is 3.89. The summed E-state index contributed by atoms with van der Waals surface area (Å²) in [5.41, 5.74) is 7.14. The van der Waals surface area contributed by atoms with Crippen LogP contribution in [0.15, 0.2) is 48.5 Å². The van der Waals surface area contributed by atoms with Crippen LogP contribution in [0.1, 0.15) is 58.3 Å². The second-order valence-corrected chi connectivity index (χ2v) is 10.2. The van der Waals surface area contributed by atoms with Crippen LogP contribution in [0.3, 0.4) is 0 Å². The second-order valence-electron chi connectivity index (χ2n) is 10.2. The Labute approximate surface area is 234 Å². The zero-order valence-corrected chi connectivity index (χ0v) is 23.9. The number of carbonyl (C=O) groups excluding carboxylic acids is 2. The molecule has 7 nitrogen and oxygen atoms in total. The Balaban J connectivity index is 1.47. The average Bonchev–Trinajstić information content (AvgIpc) is 3.09. The van der Waals surface area contributed by atoms with Crippen LogP contribution in [-0.4, -0.2) is 83.8 Å². The molecule has 0 bridgehead atoms. The molecule has 212 valence electrons. The van der Waals surface area contributed by atoms with Gasteiger partial charge in [0.2, 0.25) is 5.91 Å². The number of aryl methyl sites for hydroxylation is 2. The summed E-state index contributed by atoms with van der Waals surface area (Å²) in [4.78, 5) is 27.2. The minimum atomic E-state index is -0.0586. The van der Waals surface area contributed by atoms with E-state index in [0.717, 1.165) is 37.9 Å². The number of fused-ring (bicyclic) bond motifs is 2. The number of benzene rings is 2. The lowest BCUT2D eigenvalue weighted by Gasteiger charge is -2.14. The Morgan fingerprint density at radius 2 is 1.64 bits per heavy atom. The molecule has 1 amide bonds. The van der Waals surface area contributed by atoms with Gasteiger partial charge < -0.3 is 25.0 Å². The van der Waals surface area contributed by atoms with Gasteiger partial charge in [0.05, 0.1) is 26.4 Å². The largest absolute Gasteiger partial charge is 0.379 e. The van der Waals surface area contributed by atoms with Gasteiger partial charge in [-0.3, -0.25) is 9.59 Å². The highest BCUT2D eigenvalue weighted by atomic mass is 16.5. The molecule has 1 aliphatic rings. The molecule has 0 spiro atoms. The van der Waals surface area contributed by atoms with Crippen LogP contribution in [0.5, 0.6) is 0 Å². The van der Waals surface area contributed by atoms with Gasteiger partial charge in [0.15, 0.2) is 5.78 Å². The van der Waals surface area contributed by atoms with Gasteiger partial charge in [-0.15, -0.1) is 0 Å². The van der Waals surface area contributed by atoms with Gasteiger partial charge in [0.25, 0.3) is 0 Å². The molecule has 3 rings (SSSR count). The van der Waals surface area contributed by atoms with Crippen LogP contribution < -0.4 is 10.6 Å². The summed E-state index contributed by atoms with van der Waals surface area (Å²) in [5, 5.41) is 5.90. The molecule has 0 atom stereocenters. The van der Waals surface area contributed by atoms with Crippen molar-refractivity contribution in [2.45, 2.75) is 38.5 Å². The van der Waals surface area contributed by atoms with Crippen LogP contribution in [0, 0.1) is 0 Å². The number of rotatable bonds is 17. The summed E-state index contributed by atoms with van der Waals surface area (Å²) in [7, 11) is 6.07. The smallest absolute Gasteiger partial charge is 0.222 e. The summed E-state index contributed by atoms with van der Waals surface area (Å²) in [6.45, 7) is 4.30. The first-order valence-corrected chi connectivity index (χ1v) is 14.2. The molecule has 0 radical (unpaired) electrons. The van der Waals surface area contributed by atoms with Crippen molar-refractivity contribution in [3.05, 3.63) is 76.4 Å². The summed E-state index contributed by atoms with van der Waals surface area (Å²) >= 11 is 0. The van der Waals surface area contributed by atoms with Crippen molar-refractivity contribution in [3.63, 3.8) is 0 Å². The highest BCUT2D eigenvalue weighted by Gasteiger charge is 2.19. The molecule has 0 aromatic heterocycles. The summed E-state index contributed by atoms with van der Waals surface area (Å²) in [6, 6.07) is 14.8. The van der Waals surface area contributed by atoms with E-state index < -0.39 is 0 Å². The highest BCUT2D eigenvalue weighted by Crippen LogP contribution is 2.34. The molecule has 1 aliphatic carbocycles. The van der Waals surface area contributed by atoms with E-state index in [9.17, 15) is 9.59 Å². The Kier molecular flexibility index (Phi) is 13.4. The molecular formula is C32H45N3O4. The lowest BCUT2D eigenvalue weighted by molar-refractivity contribution is -0.122. The van der Waals surface area contributed by atoms with E-state index in [-0.39, 0.29) is 11.7 Å².